The number of carbonyl (C=O) groups excluding carboxylic acids is 3. The molecule has 19 heteroatoms. The summed E-state index contributed by atoms with van der Waals surface area (Å²) in [7, 11) is -1.12. The number of carboxylic acid groups (broad SMARTS) is 1. The molecule has 0 radical (unpaired) electrons. The van der Waals surface area contributed by atoms with Crippen molar-refractivity contribution in [2.75, 3.05) is 38.8 Å². The Bertz CT molecular complexity index is 2220. The molecular weight excluding hydrogens is 834 g/mol. The van der Waals surface area contributed by atoms with Gasteiger partial charge in [-0.2, -0.15) is 4.98 Å². The number of amides is 4. The number of anilines is 1. The number of aromatic nitrogens is 1. The quantitative estimate of drug-likeness (QED) is 0.223. The summed E-state index contributed by atoms with van der Waals surface area (Å²) in [5.41, 5.74) is -4.20. The van der Waals surface area contributed by atoms with E-state index in [9.17, 15) is 32.3 Å². The molecule has 342 valence electrons. The first kappa shape index (κ1) is 46.7. The molecule has 3 N–H and O–H groups in total. The van der Waals surface area contributed by atoms with Crippen LogP contribution in [0.4, 0.5) is 23.8 Å². The number of nitrogens with zero attached hydrogens (tertiary/aromatic N) is 4. The lowest BCUT2D eigenvalue weighted by Gasteiger charge is -2.47. The number of halogens is 3. The zero-order valence-corrected chi connectivity index (χ0v) is 37.4. The lowest BCUT2D eigenvalue weighted by molar-refractivity contribution is -0.156. The fourth-order valence-electron chi connectivity index (χ4n) is 8.74. The highest BCUT2D eigenvalue weighted by molar-refractivity contribution is 7.91. The molecule has 15 nitrogen and oxygen atoms in total. The van der Waals surface area contributed by atoms with E-state index in [2.05, 4.69) is 5.32 Å². The first-order chi connectivity index (χ1) is 29.0. The van der Waals surface area contributed by atoms with E-state index in [0.29, 0.717) is 53.5 Å². The summed E-state index contributed by atoms with van der Waals surface area (Å²) in [5, 5.41) is 14.7. The third-order valence-electron chi connectivity index (χ3n) is 13.5. The number of sulfonamides is 1. The molecular formula is C43H59F3N6O9S. The van der Waals surface area contributed by atoms with Gasteiger partial charge in [-0.1, -0.05) is 26.0 Å². The summed E-state index contributed by atoms with van der Waals surface area (Å²) in [6.45, 7) is 7.24. The maximum absolute atomic E-state index is 15.5. The molecule has 1 aromatic carbocycles. The van der Waals surface area contributed by atoms with Crippen LogP contribution >= 0.6 is 0 Å². The van der Waals surface area contributed by atoms with Gasteiger partial charge in [0.15, 0.2) is 0 Å². The Labute approximate surface area is 360 Å². The number of hydrogen-bond acceptors (Lipinski definition) is 10. The second-order valence-electron chi connectivity index (χ2n) is 18.3. The van der Waals surface area contributed by atoms with Gasteiger partial charge in [-0.05, 0) is 101 Å². The van der Waals surface area contributed by atoms with Crippen LogP contribution in [0.1, 0.15) is 86.5 Å². The van der Waals surface area contributed by atoms with Gasteiger partial charge in [0.25, 0.3) is 11.8 Å². The minimum atomic E-state index is -4.49. The molecule has 4 amide bonds. The Kier molecular flexibility index (Phi) is 12.8. The Balaban J connectivity index is 1.45. The molecule has 3 heterocycles. The predicted molar refractivity (Wildman–Crippen MR) is 225 cm³/mol. The van der Waals surface area contributed by atoms with E-state index in [1.165, 1.54) is 7.11 Å². The monoisotopic (exact) mass is 892 g/mol. The number of methoxy groups -OCH3 is 1. The minimum absolute atomic E-state index is 0.00129. The first-order valence-electron chi connectivity index (χ1n) is 21.1. The summed E-state index contributed by atoms with van der Waals surface area (Å²) in [6.07, 6.45) is 1.90. The number of alkyl halides is 3. The van der Waals surface area contributed by atoms with Gasteiger partial charge in [0.05, 0.1) is 13.7 Å². The van der Waals surface area contributed by atoms with Crippen molar-refractivity contribution in [3.8, 4) is 11.6 Å². The number of pyridine rings is 1. The van der Waals surface area contributed by atoms with Crippen LogP contribution in [0.3, 0.4) is 0 Å². The smallest absolute Gasteiger partial charge is 0.408 e. The number of hydrogen-bond donors (Lipinski definition) is 3. The number of ether oxygens (including phenoxy) is 2. The van der Waals surface area contributed by atoms with Gasteiger partial charge in [0.1, 0.15) is 52.3 Å². The fraction of sp³-hybridized carbons (Fsp3) is 0.651. The van der Waals surface area contributed by atoms with Crippen LogP contribution < -0.4 is 24.4 Å². The minimum Gasteiger partial charge on any atom is -0.497 e. The molecule has 0 spiro atoms. The van der Waals surface area contributed by atoms with E-state index >= 15 is 13.6 Å². The van der Waals surface area contributed by atoms with Gasteiger partial charge in [-0.25, -0.2) is 26.4 Å². The van der Waals surface area contributed by atoms with Gasteiger partial charge < -0.3 is 29.7 Å². The largest absolute Gasteiger partial charge is 0.497 e. The molecule has 3 fully saturated rings. The van der Waals surface area contributed by atoms with Gasteiger partial charge in [0, 0.05) is 38.2 Å². The second-order valence-corrected chi connectivity index (χ2v) is 20.3. The molecule has 2 saturated carbocycles. The number of rotatable bonds is 12. The van der Waals surface area contributed by atoms with Crippen LogP contribution in [0.2, 0.25) is 0 Å². The molecule has 1 aromatic heterocycles. The van der Waals surface area contributed by atoms with E-state index in [4.69, 9.17) is 14.5 Å². The highest BCUT2D eigenvalue weighted by atomic mass is 32.2. The zero-order valence-electron chi connectivity index (χ0n) is 36.5. The van der Waals surface area contributed by atoms with Crippen LogP contribution in [0.25, 0.3) is 10.8 Å². The Morgan fingerprint density at radius 1 is 1.13 bits per heavy atom. The Morgan fingerprint density at radius 2 is 1.82 bits per heavy atom. The van der Waals surface area contributed by atoms with Crippen LogP contribution in [0.15, 0.2) is 36.4 Å². The average molecular weight is 893 g/mol. The summed E-state index contributed by atoms with van der Waals surface area (Å²) in [5.74, 6) is -6.82. The van der Waals surface area contributed by atoms with E-state index in [0.717, 1.165) is 18.7 Å². The topological polar surface area (TPSA) is 188 Å². The zero-order chi connectivity index (χ0) is 45.7. The highest BCUT2D eigenvalue weighted by Gasteiger charge is 2.64. The van der Waals surface area contributed by atoms with Crippen molar-refractivity contribution in [1.82, 2.24) is 24.8 Å². The van der Waals surface area contributed by atoms with E-state index in [1.54, 1.807) is 37.3 Å². The first-order valence-corrected chi connectivity index (χ1v) is 22.6. The molecule has 7 atom stereocenters. The Hall–Kier alpha value is -4.81. The molecule has 4 aliphatic rings. The van der Waals surface area contributed by atoms with Crippen molar-refractivity contribution in [3.05, 3.63) is 36.4 Å². The number of fused-ring (bicyclic) bond motifs is 3. The second kappa shape index (κ2) is 17.1. The van der Waals surface area contributed by atoms with Crippen molar-refractivity contribution in [2.45, 2.75) is 126 Å². The normalized spacial score (nSPS) is 27.8. The maximum atomic E-state index is 15.5. The molecule has 2 aliphatic carbocycles. The van der Waals surface area contributed by atoms with Gasteiger partial charge in [0.2, 0.25) is 27.7 Å². The highest BCUT2D eigenvalue weighted by Crippen LogP contribution is 2.48. The van der Waals surface area contributed by atoms with Crippen LogP contribution in [-0.4, -0.2) is 126 Å². The van der Waals surface area contributed by atoms with Gasteiger partial charge >= 0.3 is 6.09 Å². The van der Waals surface area contributed by atoms with Crippen molar-refractivity contribution in [1.29, 1.82) is 0 Å². The molecule has 0 bridgehead atoms. The number of allylic oxidation sites excluding steroid dienone is 1. The Morgan fingerprint density at radius 3 is 2.42 bits per heavy atom. The fourth-order valence-corrected chi connectivity index (χ4v) is 10.2. The third-order valence-corrected chi connectivity index (χ3v) is 15.6. The van der Waals surface area contributed by atoms with Gasteiger partial charge in [-0.3, -0.25) is 24.0 Å². The van der Waals surface area contributed by atoms with Crippen molar-refractivity contribution < 1.29 is 55.3 Å². The summed E-state index contributed by atoms with van der Waals surface area (Å²) in [4.78, 5) is 65.5. The summed E-state index contributed by atoms with van der Waals surface area (Å²) < 4.78 is 83.7. The molecule has 2 aliphatic heterocycles. The third kappa shape index (κ3) is 8.74. The van der Waals surface area contributed by atoms with E-state index in [1.807, 2.05) is 36.6 Å². The molecule has 6 rings (SSSR count). The van der Waals surface area contributed by atoms with Gasteiger partial charge in [-0.15, -0.1) is 0 Å². The SMILES string of the molecule is CCN(C)c1cc2cc(OC)ccc2c(O[C@@H]2C[C@H]3C(=O)N[C@]4(C(=O)NS(=O)(=O)C5(CF)CC5)C[C@H]4C=CCC[C@H](C)C[C@@H](C)[C@H](N(C(=O)O)C(C)(C)C(C)(F)F)C(=O)N3C2)n1. The standard InChI is InChI=1S/C43H59F3N6O9S/c1-9-50(7)33-20-27-19-29(60-8)14-15-31(27)36(47-33)61-30-21-32-35(53)48-43(38(55)49-62(58,59)42(24-44)16-17-42)22-28(43)13-11-10-12-25(2)18-26(3)34(37(54)51(32)23-30)52(39(56)57)40(4,5)41(6,45)46/h11,13-15,19-20,25-26,28,30,32,34H,9-10,12,16-18,21-24H2,1-8H3,(H,48,53)(H,49,55)(H,56,57)/t25-,26+,28+,30+,32-,34-,43+/m0/s1. The van der Waals surface area contributed by atoms with E-state index in [-0.39, 0.29) is 50.4 Å². The van der Waals surface area contributed by atoms with Crippen LogP contribution in [0.5, 0.6) is 11.6 Å². The van der Waals surface area contributed by atoms with Crippen LogP contribution in [0, 0.1) is 17.8 Å². The number of benzene rings is 1. The van der Waals surface area contributed by atoms with Crippen LogP contribution in [-0.2, 0) is 24.4 Å². The molecule has 1 saturated heterocycles. The molecule has 0 unspecified atom stereocenters. The summed E-state index contributed by atoms with van der Waals surface area (Å²) >= 11 is 0. The lowest BCUT2D eigenvalue weighted by Crippen LogP contribution is -2.66. The average Bonchev–Trinajstić information content (AvgIpc) is 4.11. The number of carbonyl (C=O) groups is 4. The van der Waals surface area contributed by atoms with Crippen molar-refractivity contribution >= 4 is 50.4 Å². The van der Waals surface area contributed by atoms with E-state index < -0.39 is 92.3 Å². The van der Waals surface area contributed by atoms with Crippen molar-refractivity contribution in [3.63, 3.8) is 0 Å². The number of nitrogens with one attached hydrogen (secondary N) is 2. The maximum Gasteiger partial charge on any atom is 0.408 e. The molecule has 62 heavy (non-hydrogen) atoms. The molecule has 2 aromatic rings. The predicted octanol–water partition coefficient (Wildman–Crippen LogP) is 5.67. The van der Waals surface area contributed by atoms with Crippen molar-refractivity contribution in [2.24, 2.45) is 17.8 Å². The summed E-state index contributed by atoms with van der Waals surface area (Å²) in [6, 6.07) is 3.97. The lowest BCUT2D eigenvalue weighted by atomic mass is 9.84.